The van der Waals surface area contributed by atoms with E-state index in [9.17, 15) is 13.2 Å². The Labute approximate surface area is 210 Å². The van der Waals surface area contributed by atoms with E-state index in [1.54, 1.807) is 24.4 Å². The second-order valence-corrected chi connectivity index (χ2v) is 10.6. The molecule has 10 heteroatoms. The van der Waals surface area contributed by atoms with E-state index in [1.807, 2.05) is 49.4 Å². The molecule has 1 unspecified atom stereocenters. The van der Waals surface area contributed by atoms with Crippen molar-refractivity contribution in [3.05, 3.63) is 72.6 Å². The number of para-hydroxylation sites is 2. The highest BCUT2D eigenvalue weighted by molar-refractivity contribution is 7.89. The van der Waals surface area contributed by atoms with E-state index in [4.69, 9.17) is 0 Å². The van der Waals surface area contributed by atoms with Crippen molar-refractivity contribution in [2.45, 2.75) is 24.3 Å². The summed E-state index contributed by atoms with van der Waals surface area (Å²) in [6, 6.07) is 17.8. The molecule has 1 atom stereocenters. The smallest absolute Gasteiger partial charge is 0.319 e. The summed E-state index contributed by atoms with van der Waals surface area (Å²) in [6.45, 7) is 4.29. The van der Waals surface area contributed by atoms with Gasteiger partial charge in [-0.3, -0.25) is 14.9 Å². The number of rotatable bonds is 7. The number of aryl methyl sites for hydroxylation is 1. The Morgan fingerprint density at radius 2 is 1.94 bits per heavy atom. The average Bonchev–Trinajstić information content (AvgIpc) is 3.29. The van der Waals surface area contributed by atoms with E-state index < -0.39 is 10.0 Å². The monoisotopic (exact) mass is 504 g/mol. The Bertz CT molecular complexity index is 1520. The van der Waals surface area contributed by atoms with Gasteiger partial charge in [-0.05, 0) is 44.2 Å². The Kier molecular flexibility index (Phi) is 6.82. The fourth-order valence-electron chi connectivity index (χ4n) is 4.61. The number of benzene rings is 2. The highest BCUT2D eigenvalue weighted by Crippen LogP contribution is 2.23. The van der Waals surface area contributed by atoms with E-state index >= 15 is 0 Å². The molecule has 4 aromatic rings. The fraction of sp³-hybridized carbons (Fsp3) is 0.269. The number of anilines is 1. The molecule has 1 aliphatic rings. The van der Waals surface area contributed by atoms with Crippen molar-refractivity contribution in [1.29, 1.82) is 0 Å². The summed E-state index contributed by atoms with van der Waals surface area (Å²) in [7, 11) is -3.71. The van der Waals surface area contributed by atoms with Gasteiger partial charge in [-0.2, -0.15) is 0 Å². The van der Waals surface area contributed by atoms with Crippen LogP contribution in [0.3, 0.4) is 0 Å². The highest BCUT2D eigenvalue weighted by Gasteiger charge is 2.28. The van der Waals surface area contributed by atoms with Crippen LogP contribution in [0.2, 0.25) is 0 Å². The summed E-state index contributed by atoms with van der Waals surface area (Å²) < 4.78 is 29.0. The van der Waals surface area contributed by atoms with Gasteiger partial charge in [0.05, 0.1) is 16.7 Å². The molecule has 0 aliphatic carbocycles. The molecule has 2 aromatic heterocycles. The van der Waals surface area contributed by atoms with Crippen LogP contribution in [-0.2, 0) is 10.0 Å². The topological polar surface area (TPSA) is 116 Å². The van der Waals surface area contributed by atoms with Gasteiger partial charge in [0.15, 0.2) is 0 Å². The Morgan fingerprint density at radius 1 is 1.11 bits per heavy atom. The molecule has 3 N–H and O–H groups in total. The molecular weight excluding hydrogens is 476 g/mol. The number of amides is 2. The van der Waals surface area contributed by atoms with Crippen molar-refractivity contribution in [2.24, 2.45) is 0 Å². The molecule has 2 amide bonds. The average molecular weight is 505 g/mol. The first-order valence-electron chi connectivity index (χ1n) is 11.9. The molecule has 2 aromatic carbocycles. The summed E-state index contributed by atoms with van der Waals surface area (Å²) in [5.41, 5.74) is 2.84. The molecule has 0 radical (unpaired) electrons. The molecule has 186 valence electrons. The first-order chi connectivity index (χ1) is 17.4. The van der Waals surface area contributed by atoms with E-state index in [1.165, 1.54) is 0 Å². The van der Waals surface area contributed by atoms with Crippen LogP contribution in [0.1, 0.15) is 12.1 Å². The maximum atomic E-state index is 13.1. The molecule has 0 spiro atoms. The number of fused-ring (bicyclic) bond motifs is 2. The van der Waals surface area contributed by atoms with Crippen LogP contribution >= 0.6 is 0 Å². The minimum atomic E-state index is -3.71. The molecule has 0 bridgehead atoms. The second-order valence-electron chi connectivity index (χ2n) is 8.95. The van der Waals surface area contributed by atoms with Gasteiger partial charge < -0.3 is 10.6 Å². The van der Waals surface area contributed by atoms with Crippen LogP contribution in [0.15, 0.2) is 71.8 Å². The van der Waals surface area contributed by atoms with E-state index in [-0.39, 0.29) is 17.0 Å². The van der Waals surface area contributed by atoms with Crippen LogP contribution in [-0.4, -0.2) is 61.5 Å². The molecule has 1 saturated heterocycles. The van der Waals surface area contributed by atoms with Gasteiger partial charge in [0.1, 0.15) is 4.90 Å². The first-order valence-corrected chi connectivity index (χ1v) is 13.4. The van der Waals surface area contributed by atoms with Crippen molar-refractivity contribution in [3.8, 4) is 0 Å². The molecule has 36 heavy (non-hydrogen) atoms. The number of sulfonamides is 1. The zero-order valence-electron chi connectivity index (χ0n) is 19.9. The largest absolute Gasteiger partial charge is 0.337 e. The number of hydrogen-bond donors (Lipinski definition) is 3. The van der Waals surface area contributed by atoms with Crippen molar-refractivity contribution in [2.75, 3.05) is 31.5 Å². The number of carbonyl (C=O) groups excluding carboxylic acids is 1. The Morgan fingerprint density at radius 3 is 2.83 bits per heavy atom. The zero-order chi connectivity index (χ0) is 25.1. The molecule has 1 aliphatic heterocycles. The van der Waals surface area contributed by atoms with E-state index in [0.717, 1.165) is 28.5 Å². The lowest BCUT2D eigenvalue weighted by Gasteiger charge is -2.18. The van der Waals surface area contributed by atoms with Crippen molar-refractivity contribution < 1.29 is 13.2 Å². The van der Waals surface area contributed by atoms with Crippen LogP contribution < -0.4 is 15.4 Å². The Hall–Kier alpha value is -3.60. The third-order valence-electron chi connectivity index (χ3n) is 6.29. The van der Waals surface area contributed by atoms with Crippen LogP contribution in [0.4, 0.5) is 10.5 Å². The normalized spacial score (nSPS) is 16.4. The minimum Gasteiger partial charge on any atom is -0.337 e. The SMILES string of the molecule is Cc1cc(NC(=O)NCCN2CCC(NS(=O)(=O)c3cccc4cccnc34)C2)c2ccccc2n1. The predicted octanol–water partition coefficient (Wildman–Crippen LogP) is 3.27. The van der Waals surface area contributed by atoms with Crippen LogP contribution in [0.25, 0.3) is 21.8 Å². The lowest BCUT2D eigenvalue weighted by atomic mass is 10.1. The molecule has 0 saturated carbocycles. The molecule has 1 fully saturated rings. The maximum absolute atomic E-state index is 13.1. The molecule has 5 rings (SSSR count). The number of pyridine rings is 2. The number of carbonyl (C=O) groups is 1. The van der Waals surface area contributed by atoms with Crippen LogP contribution in [0, 0.1) is 6.92 Å². The summed E-state index contributed by atoms with van der Waals surface area (Å²) in [5, 5.41) is 7.48. The lowest BCUT2D eigenvalue weighted by molar-refractivity contribution is 0.249. The van der Waals surface area contributed by atoms with Crippen molar-refractivity contribution in [3.63, 3.8) is 0 Å². The quantitative estimate of drug-likeness (QED) is 0.356. The van der Waals surface area contributed by atoms with Gasteiger partial charge in [0.25, 0.3) is 0 Å². The zero-order valence-corrected chi connectivity index (χ0v) is 20.8. The van der Waals surface area contributed by atoms with Gasteiger partial charge >= 0.3 is 6.03 Å². The number of aromatic nitrogens is 2. The summed E-state index contributed by atoms with van der Waals surface area (Å²) >= 11 is 0. The second kappa shape index (κ2) is 10.2. The number of nitrogens with one attached hydrogen (secondary N) is 3. The first kappa shape index (κ1) is 24.1. The molecule has 9 nitrogen and oxygen atoms in total. The summed E-state index contributed by atoms with van der Waals surface area (Å²) in [6.07, 6.45) is 2.30. The van der Waals surface area contributed by atoms with Gasteiger partial charge in [-0.1, -0.05) is 36.4 Å². The maximum Gasteiger partial charge on any atom is 0.319 e. The molecular formula is C26H28N6O3S. The number of urea groups is 1. The third kappa shape index (κ3) is 5.30. The Balaban J connectivity index is 1.13. The number of likely N-dealkylation sites (tertiary alicyclic amines) is 1. The van der Waals surface area contributed by atoms with Gasteiger partial charge in [0, 0.05) is 48.3 Å². The minimum absolute atomic E-state index is 0.191. The van der Waals surface area contributed by atoms with E-state index in [2.05, 4.69) is 30.2 Å². The third-order valence-corrected chi connectivity index (χ3v) is 7.84. The lowest BCUT2D eigenvalue weighted by Crippen LogP contribution is -2.39. The number of hydrogen-bond acceptors (Lipinski definition) is 6. The van der Waals surface area contributed by atoms with Crippen molar-refractivity contribution in [1.82, 2.24) is 24.9 Å². The van der Waals surface area contributed by atoms with Crippen molar-refractivity contribution >= 4 is 43.5 Å². The van der Waals surface area contributed by atoms with Crippen LogP contribution in [0.5, 0.6) is 0 Å². The predicted molar refractivity (Wildman–Crippen MR) is 140 cm³/mol. The summed E-state index contributed by atoms with van der Waals surface area (Å²) in [4.78, 5) is 23.6. The van der Waals surface area contributed by atoms with Gasteiger partial charge in [0.2, 0.25) is 10.0 Å². The fourth-order valence-corrected chi connectivity index (χ4v) is 6.05. The molecule has 3 heterocycles. The van der Waals surface area contributed by atoms with Gasteiger partial charge in [-0.15, -0.1) is 0 Å². The number of nitrogens with zero attached hydrogens (tertiary/aromatic N) is 3. The highest BCUT2D eigenvalue weighted by atomic mass is 32.2. The van der Waals surface area contributed by atoms with E-state index in [0.29, 0.717) is 37.3 Å². The standard InChI is InChI=1S/C26H28N6O3S/c1-18-16-23(21-8-2-3-9-22(21)29-18)30-26(33)28-13-15-32-14-11-20(17-32)31-36(34,35)24-10-4-6-19-7-5-12-27-25(19)24/h2-10,12,16,20,31H,11,13-15,17H2,1H3,(H2,28,29,30,33). The summed E-state index contributed by atoms with van der Waals surface area (Å²) in [5.74, 6) is 0. The van der Waals surface area contributed by atoms with Gasteiger partial charge in [-0.25, -0.2) is 17.9 Å².